The van der Waals surface area contributed by atoms with Gasteiger partial charge in [0.1, 0.15) is 5.82 Å². The Labute approximate surface area is 121 Å². The Morgan fingerprint density at radius 3 is 2.76 bits per heavy atom. The second-order valence-corrected chi connectivity index (χ2v) is 4.93. The molecule has 1 amide bonds. The van der Waals surface area contributed by atoms with Crippen LogP contribution in [-0.2, 0) is 6.54 Å². The van der Waals surface area contributed by atoms with E-state index in [1.165, 1.54) is 12.1 Å². The van der Waals surface area contributed by atoms with Gasteiger partial charge in [0.2, 0.25) is 0 Å². The molecule has 3 aromatic rings. The van der Waals surface area contributed by atoms with Gasteiger partial charge < -0.3 is 4.90 Å². The standard InChI is InChI=1S/C16H14FN3O/c1-20(10-11-5-7-13(17)8-6-11)16(21)14-4-2-3-12-9-18-19-15(12)14/h2-9H,10H2,1H3,(H,18,19). The lowest BCUT2D eigenvalue weighted by atomic mass is 10.1. The highest BCUT2D eigenvalue weighted by Gasteiger charge is 2.15. The van der Waals surface area contributed by atoms with Crippen LogP contribution in [0.2, 0.25) is 0 Å². The zero-order valence-electron chi connectivity index (χ0n) is 11.5. The van der Waals surface area contributed by atoms with Gasteiger partial charge in [0.25, 0.3) is 5.91 Å². The molecule has 0 spiro atoms. The Bertz CT molecular complexity index is 780. The van der Waals surface area contributed by atoms with Crippen molar-refractivity contribution in [3.63, 3.8) is 0 Å². The fourth-order valence-corrected chi connectivity index (χ4v) is 2.29. The maximum absolute atomic E-state index is 12.9. The smallest absolute Gasteiger partial charge is 0.256 e. The van der Waals surface area contributed by atoms with E-state index in [1.807, 2.05) is 12.1 Å². The summed E-state index contributed by atoms with van der Waals surface area (Å²) in [6, 6.07) is 11.6. The lowest BCUT2D eigenvalue weighted by molar-refractivity contribution is 0.0787. The molecule has 106 valence electrons. The maximum Gasteiger partial charge on any atom is 0.256 e. The average molecular weight is 283 g/mol. The van der Waals surface area contributed by atoms with Crippen molar-refractivity contribution in [2.24, 2.45) is 0 Å². The number of hydrogen-bond acceptors (Lipinski definition) is 2. The van der Waals surface area contributed by atoms with E-state index in [1.54, 1.807) is 36.3 Å². The molecule has 5 heteroatoms. The minimum absolute atomic E-state index is 0.103. The van der Waals surface area contributed by atoms with Crippen LogP contribution in [0.5, 0.6) is 0 Å². The number of fused-ring (bicyclic) bond motifs is 1. The second kappa shape index (κ2) is 5.36. The van der Waals surface area contributed by atoms with E-state index >= 15 is 0 Å². The summed E-state index contributed by atoms with van der Waals surface area (Å²) in [5.74, 6) is -0.385. The van der Waals surface area contributed by atoms with Crippen LogP contribution in [0.15, 0.2) is 48.7 Å². The van der Waals surface area contributed by atoms with Crippen LogP contribution in [0.25, 0.3) is 10.9 Å². The Hall–Kier alpha value is -2.69. The number of halogens is 1. The number of benzene rings is 2. The third kappa shape index (κ3) is 2.63. The summed E-state index contributed by atoms with van der Waals surface area (Å²) in [4.78, 5) is 14.1. The predicted molar refractivity (Wildman–Crippen MR) is 78.3 cm³/mol. The molecular weight excluding hydrogens is 269 g/mol. The van der Waals surface area contributed by atoms with E-state index in [9.17, 15) is 9.18 Å². The van der Waals surface area contributed by atoms with Crippen molar-refractivity contribution in [3.8, 4) is 0 Å². The summed E-state index contributed by atoms with van der Waals surface area (Å²) < 4.78 is 12.9. The van der Waals surface area contributed by atoms with Crippen molar-refractivity contribution in [1.29, 1.82) is 0 Å². The molecule has 0 aliphatic heterocycles. The van der Waals surface area contributed by atoms with Crippen molar-refractivity contribution in [2.75, 3.05) is 7.05 Å². The maximum atomic E-state index is 12.9. The first-order chi connectivity index (χ1) is 10.1. The SMILES string of the molecule is CN(Cc1ccc(F)cc1)C(=O)c1cccc2cn[nH]c12. The average Bonchev–Trinajstić information content (AvgIpc) is 2.97. The summed E-state index contributed by atoms with van der Waals surface area (Å²) in [5.41, 5.74) is 2.19. The molecule has 3 rings (SSSR count). The summed E-state index contributed by atoms with van der Waals surface area (Å²) in [5, 5.41) is 7.71. The summed E-state index contributed by atoms with van der Waals surface area (Å²) in [7, 11) is 1.72. The zero-order chi connectivity index (χ0) is 14.8. The van der Waals surface area contributed by atoms with Gasteiger partial charge in [-0.15, -0.1) is 0 Å². The van der Waals surface area contributed by atoms with E-state index in [0.29, 0.717) is 12.1 Å². The fraction of sp³-hybridized carbons (Fsp3) is 0.125. The number of H-pyrrole nitrogens is 1. The highest BCUT2D eigenvalue weighted by atomic mass is 19.1. The molecular formula is C16H14FN3O. The molecule has 21 heavy (non-hydrogen) atoms. The van der Waals surface area contributed by atoms with Gasteiger partial charge in [-0.2, -0.15) is 5.10 Å². The monoisotopic (exact) mass is 283 g/mol. The molecule has 0 aliphatic rings. The second-order valence-electron chi connectivity index (χ2n) is 4.93. The first-order valence-corrected chi connectivity index (χ1v) is 6.57. The van der Waals surface area contributed by atoms with E-state index in [-0.39, 0.29) is 11.7 Å². The third-order valence-electron chi connectivity index (χ3n) is 3.39. The largest absolute Gasteiger partial charge is 0.337 e. The molecule has 1 heterocycles. The minimum Gasteiger partial charge on any atom is -0.337 e. The van der Waals surface area contributed by atoms with Gasteiger partial charge in [0.15, 0.2) is 0 Å². The molecule has 0 atom stereocenters. The lowest BCUT2D eigenvalue weighted by Crippen LogP contribution is -2.26. The van der Waals surface area contributed by atoms with Gasteiger partial charge >= 0.3 is 0 Å². The summed E-state index contributed by atoms with van der Waals surface area (Å²) >= 11 is 0. The summed E-state index contributed by atoms with van der Waals surface area (Å²) in [6.45, 7) is 0.420. The normalized spacial score (nSPS) is 10.8. The topological polar surface area (TPSA) is 49.0 Å². The molecule has 1 N–H and O–H groups in total. The van der Waals surface area contributed by atoms with Crippen LogP contribution in [0, 0.1) is 5.82 Å². The number of amides is 1. The lowest BCUT2D eigenvalue weighted by Gasteiger charge is -2.17. The van der Waals surface area contributed by atoms with Gasteiger partial charge in [-0.05, 0) is 23.8 Å². The Kier molecular flexibility index (Phi) is 3.39. The first kappa shape index (κ1) is 13.3. The number of carbonyl (C=O) groups is 1. The van der Waals surface area contributed by atoms with Crippen molar-refractivity contribution in [3.05, 3.63) is 65.6 Å². The molecule has 1 aromatic heterocycles. The van der Waals surface area contributed by atoms with Gasteiger partial charge in [-0.1, -0.05) is 24.3 Å². The number of nitrogens with one attached hydrogen (secondary N) is 1. The van der Waals surface area contributed by atoms with Crippen LogP contribution in [0.1, 0.15) is 15.9 Å². The van der Waals surface area contributed by atoms with Gasteiger partial charge in [0.05, 0.1) is 17.3 Å². The van der Waals surface area contributed by atoms with Crippen molar-refractivity contribution in [1.82, 2.24) is 15.1 Å². The van der Waals surface area contributed by atoms with Crippen LogP contribution in [0.4, 0.5) is 4.39 Å². The molecule has 0 bridgehead atoms. The van der Waals surface area contributed by atoms with Crippen LogP contribution in [0.3, 0.4) is 0 Å². The molecule has 2 aromatic carbocycles. The highest BCUT2D eigenvalue weighted by Crippen LogP contribution is 2.18. The fourth-order valence-electron chi connectivity index (χ4n) is 2.29. The number of aromatic amines is 1. The molecule has 0 unspecified atom stereocenters. The number of carbonyl (C=O) groups excluding carboxylic acids is 1. The van der Waals surface area contributed by atoms with Crippen molar-refractivity contribution < 1.29 is 9.18 Å². The molecule has 0 aliphatic carbocycles. The van der Waals surface area contributed by atoms with Gasteiger partial charge in [-0.25, -0.2) is 4.39 Å². The third-order valence-corrected chi connectivity index (χ3v) is 3.39. The van der Waals surface area contributed by atoms with Crippen molar-refractivity contribution >= 4 is 16.8 Å². The summed E-state index contributed by atoms with van der Waals surface area (Å²) in [6.07, 6.45) is 1.69. The van der Waals surface area contributed by atoms with Crippen LogP contribution in [-0.4, -0.2) is 28.1 Å². The predicted octanol–water partition coefficient (Wildman–Crippen LogP) is 2.97. The minimum atomic E-state index is -0.282. The number of hydrogen-bond donors (Lipinski definition) is 1. The Morgan fingerprint density at radius 2 is 2.00 bits per heavy atom. The quantitative estimate of drug-likeness (QED) is 0.803. The van der Waals surface area contributed by atoms with E-state index < -0.39 is 0 Å². The van der Waals surface area contributed by atoms with Gasteiger partial charge in [-0.3, -0.25) is 9.89 Å². The first-order valence-electron chi connectivity index (χ1n) is 6.57. The number of aromatic nitrogens is 2. The Balaban J connectivity index is 1.84. The highest BCUT2D eigenvalue weighted by molar-refractivity contribution is 6.05. The number of para-hydroxylation sites is 1. The molecule has 0 saturated carbocycles. The van der Waals surface area contributed by atoms with E-state index in [4.69, 9.17) is 0 Å². The zero-order valence-corrected chi connectivity index (χ0v) is 11.5. The molecule has 0 fully saturated rings. The van der Waals surface area contributed by atoms with E-state index in [2.05, 4.69) is 10.2 Å². The van der Waals surface area contributed by atoms with Gasteiger partial charge in [0, 0.05) is 19.0 Å². The Morgan fingerprint density at radius 1 is 1.24 bits per heavy atom. The van der Waals surface area contributed by atoms with Crippen molar-refractivity contribution in [2.45, 2.75) is 6.54 Å². The van der Waals surface area contributed by atoms with Crippen LogP contribution >= 0.6 is 0 Å². The molecule has 4 nitrogen and oxygen atoms in total. The molecule has 0 radical (unpaired) electrons. The number of rotatable bonds is 3. The van der Waals surface area contributed by atoms with E-state index in [0.717, 1.165) is 16.5 Å². The molecule has 0 saturated heterocycles. The number of nitrogens with zero attached hydrogens (tertiary/aromatic N) is 2. The van der Waals surface area contributed by atoms with Crippen LogP contribution < -0.4 is 0 Å².